The smallest absolute Gasteiger partial charge is 0.254 e. The summed E-state index contributed by atoms with van der Waals surface area (Å²) in [5.74, 6) is 0.768. The van der Waals surface area contributed by atoms with Gasteiger partial charge in [0.05, 0.1) is 12.1 Å². The van der Waals surface area contributed by atoms with Gasteiger partial charge < -0.3 is 14.4 Å². The van der Waals surface area contributed by atoms with Crippen LogP contribution in [0.15, 0.2) is 29.1 Å². The Hall–Kier alpha value is -1.97. The van der Waals surface area contributed by atoms with Crippen LogP contribution in [-0.4, -0.2) is 16.3 Å². The van der Waals surface area contributed by atoms with E-state index >= 15 is 0 Å². The summed E-state index contributed by atoms with van der Waals surface area (Å²) in [7, 11) is 0. The Morgan fingerprint density at radius 1 is 1.08 bits per heavy atom. The van der Waals surface area contributed by atoms with Gasteiger partial charge in [-0.05, 0) is 32.4 Å². The Labute approximate surface area is 144 Å². The van der Waals surface area contributed by atoms with Gasteiger partial charge in [-0.15, -0.1) is 0 Å². The molecule has 2 rings (SSSR count). The van der Waals surface area contributed by atoms with Crippen LogP contribution in [0.25, 0.3) is 10.9 Å². The van der Waals surface area contributed by atoms with Gasteiger partial charge in [0.1, 0.15) is 11.5 Å². The fourth-order valence-electron chi connectivity index (χ4n) is 3.01. The van der Waals surface area contributed by atoms with Crippen molar-refractivity contribution in [1.82, 2.24) is 4.57 Å². The monoisotopic (exact) mass is 331 g/mol. The van der Waals surface area contributed by atoms with E-state index in [0.29, 0.717) is 12.0 Å². The number of aromatic hydroxyl groups is 1. The van der Waals surface area contributed by atoms with Crippen LogP contribution in [0, 0.1) is 0 Å². The molecule has 4 heteroatoms. The zero-order valence-corrected chi connectivity index (χ0v) is 15.0. The summed E-state index contributed by atoms with van der Waals surface area (Å²) < 4.78 is 7.53. The fraction of sp³-hybridized carbons (Fsp3) is 0.550. The second-order valence-electron chi connectivity index (χ2n) is 6.63. The Morgan fingerprint density at radius 2 is 1.79 bits per heavy atom. The lowest BCUT2D eigenvalue weighted by Crippen LogP contribution is -2.21. The van der Waals surface area contributed by atoms with Crippen molar-refractivity contribution in [2.45, 2.75) is 65.3 Å². The van der Waals surface area contributed by atoms with Gasteiger partial charge in [-0.2, -0.15) is 0 Å². The lowest BCUT2D eigenvalue weighted by atomic mass is 10.1. The minimum Gasteiger partial charge on any atom is -0.507 e. The predicted octanol–water partition coefficient (Wildman–Crippen LogP) is 5.03. The average Bonchev–Trinajstić information content (AvgIpc) is 2.53. The topological polar surface area (TPSA) is 51.5 Å². The molecule has 0 saturated heterocycles. The molecule has 24 heavy (non-hydrogen) atoms. The van der Waals surface area contributed by atoms with Crippen molar-refractivity contribution < 1.29 is 9.84 Å². The maximum absolute atomic E-state index is 12.2. The highest BCUT2D eigenvalue weighted by Crippen LogP contribution is 2.28. The van der Waals surface area contributed by atoms with Gasteiger partial charge in [0.15, 0.2) is 0 Å². The third-order valence-corrected chi connectivity index (χ3v) is 4.29. The lowest BCUT2D eigenvalue weighted by molar-refractivity contribution is 0.304. The molecule has 0 aliphatic rings. The van der Waals surface area contributed by atoms with E-state index in [-0.39, 0.29) is 17.4 Å². The van der Waals surface area contributed by atoms with Crippen LogP contribution in [0.4, 0.5) is 0 Å². The summed E-state index contributed by atoms with van der Waals surface area (Å²) in [5.41, 5.74) is 0.526. The molecule has 1 aromatic heterocycles. The number of rotatable bonds is 9. The van der Waals surface area contributed by atoms with E-state index in [1.54, 1.807) is 4.57 Å². The van der Waals surface area contributed by atoms with E-state index in [4.69, 9.17) is 4.74 Å². The Morgan fingerprint density at radius 3 is 2.50 bits per heavy atom. The van der Waals surface area contributed by atoms with Crippen LogP contribution >= 0.6 is 0 Å². The molecule has 0 atom stereocenters. The number of aromatic nitrogens is 1. The van der Waals surface area contributed by atoms with Crippen LogP contribution in [0.1, 0.15) is 65.3 Å². The quantitative estimate of drug-likeness (QED) is 0.656. The van der Waals surface area contributed by atoms with Gasteiger partial charge in [-0.1, -0.05) is 39.0 Å². The normalized spacial score (nSPS) is 11.3. The van der Waals surface area contributed by atoms with Crippen LogP contribution in [0.5, 0.6) is 11.5 Å². The summed E-state index contributed by atoms with van der Waals surface area (Å²) in [4.78, 5) is 12.2. The third-order valence-electron chi connectivity index (χ3n) is 4.29. The first-order valence-corrected chi connectivity index (χ1v) is 9.05. The molecule has 0 radical (unpaired) electrons. The third kappa shape index (κ3) is 4.53. The molecule has 0 saturated carbocycles. The summed E-state index contributed by atoms with van der Waals surface area (Å²) in [6.45, 7) is 6.82. The van der Waals surface area contributed by atoms with Crippen molar-refractivity contribution in [2.24, 2.45) is 0 Å². The first kappa shape index (κ1) is 18.4. The zero-order valence-electron chi connectivity index (χ0n) is 15.0. The lowest BCUT2D eigenvalue weighted by Gasteiger charge is -2.16. The summed E-state index contributed by atoms with van der Waals surface area (Å²) in [6, 6.07) is 6.83. The largest absolute Gasteiger partial charge is 0.507 e. The highest BCUT2D eigenvalue weighted by atomic mass is 16.5. The van der Waals surface area contributed by atoms with Crippen molar-refractivity contribution in [3.63, 3.8) is 0 Å². The zero-order chi connectivity index (χ0) is 17.5. The predicted molar refractivity (Wildman–Crippen MR) is 99.1 cm³/mol. The first-order chi connectivity index (χ1) is 11.5. The van der Waals surface area contributed by atoms with Gasteiger partial charge in [0.25, 0.3) is 5.56 Å². The number of nitrogens with zero attached hydrogens (tertiary/aromatic N) is 1. The SMILES string of the molecule is CCCCCCCCOc1ccc2c(O)cc(=O)n(C(C)C)c2c1. The molecule has 2 aromatic rings. The summed E-state index contributed by atoms with van der Waals surface area (Å²) >= 11 is 0. The van der Waals surface area contributed by atoms with E-state index in [1.165, 1.54) is 38.2 Å². The molecule has 0 aliphatic heterocycles. The molecule has 0 amide bonds. The molecule has 0 fully saturated rings. The Balaban J connectivity index is 2.07. The van der Waals surface area contributed by atoms with Crippen LogP contribution in [-0.2, 0) is 0 Å². The minimum atomic E-state index is -0.192. The van der Waals surface area contributed by atoms with E-state index in [9.17, 15) is 9.90 Å². The van der Waals surface area contributed by atoms with Crippen molar-refractivity contribution in [1.29, 1.82) is 0 Å². The number of unbranched alkanes of at least 4 members (excludes halogenated alkanes) is 5. The van der Waals surface area contributed by atoms with Gasteiger partial charge in [0.2, 0.25) is 0 Å². The van der Waals surface area contributed by atoms with Gasteiger partial charge in [0, 0.05) is 23.6 Å². The van der Waals surface area contributed by atoms with E-state index in [0.717, 1.165) is 17.7 Å². The van der Waals surface area contributed by atoms with E-state index < -0.39 is 0 Å². The molecule has 1 aromatic carbocycles. The van der Waals surface area contributed by atoms with Gasteiger partial charge >= 0.3 is 0 Å². The summed E-state index contributed by atoms with van der Waals surface area (Å²) in [5, 5.41) is 10.7. The molecule has 4 nitrogen and oxygen atoms in total. The highest BCUT2D eigenvalue weighted by Gasteiger charge is 2.11. The van der Waals surface area contributed by atoms with E-state index in [2.05, 4.69) is 6.92 Å². The number of benzene rings is 1. The number of pyridine rings is 1. The number of hydrogen-bond acceptors (Lipinski definition) is 3. The molecular formula is C20H29NO3. The van der Waals surface area contributed by atoms with Crippen LogP contribution in [0.2, 0.25) is 0 Å². The van der Waals surface area contributed by atoms with Crippen LogP contribution in [0.3, 0.4) is 0 Å². The maximum Gasteiger partial charge on any atom is 0.254 e. The van der Waals surface area contributed by atoms with Crippen molar-refractivity contribution in [3.8, 4) is 11.5 Å². The molecule has 1 N–H and O–H groups in total. The van der Waals surface area contributed by atoms with Gasteiger partial charge in [-0.3, -0.25) is 4.79 Å². The number of ether oxygens (including phenoxy) is 1. The standard InChI is InChI=1S/C20H29NO3/c1-4-5-6-7-8-9-12-24-16-10-11-17-18(13-16)21(15(2)3)20(23)14-19(17)22/h10-11,13-15,22H,4-9,12H2,1-3H3. The maximum atomic E-state index is 12.2. The summed E-state index contributed by atoms with van der Waals surface area (Å²) in [6.07, 6.45) is 7.35. The second kappa shape index (κ2) is 8.76. The highest BCUT2D eigenvalue weighted by molar-refractivity contribution is 5.86. The molecular weight excluding hydrogens is 302 g/mol. The first-order valence-electron chi connectivity index (χ1n) is 9.05. The van der Waals surface area contributed by atoms with Crippen LogP contribution < -0.4 is 10.3 Å². The molecule has 132 valence electrons. The number of hydrogen-bond donors (Lipinski definition) is 1. The number of fused-ring (bicyclic) bond motifs is 1. The fourth-order valence-corrected chi connectivity index (χ4v) is 3.01. The van der Waals surface area contributed by atoms with Gasteiger partial charge in [-0.25, -0.2) is 0 Å². The Kier molecular flexibility index (Phi) is 6.71. The Bertz CT molecular complexity index is 719. The van der Waals surface area contributed by atoms with Crippen molar-refractivity contribution >= 4 is 10.9 Å². The second-order valence-corrected chi connectivity index (χ2v) is 6.63. The van der Waals surface area contributed by atoms with Crippen molar-refractivity contribution in [3.05, 3.63) is 34.6 Å². The molecule has 1 heterocycles. The molecule has 0 unspecified atom stereocenters. The van der Waals surface area contributed by atoms with E-state index in [1.807, 2.05) is 32.0 Å². The molecule has 0 spiro atoms. The van der Waals surface area contributed by atoms with Crippen molar-refractivity contribution in [2.75, 3.05) is 6.61 Å². The average molecular weight is 331 g/mol. The molecule has 0 aliphatic carbocycles. The molecule has 0 bridgehead atoms. The minimum absolute atomic E-state index is 0.0226.